The molecule has 3 heterocycles. The number of rotatable bonds is 2. The number of nitrogens with one attached hydrogen (secondary N) is 2. The molecule has 3 aliphatic heterocycles. The Kier molecular flexibility index (Phi) is 4.04. The van der Waals surface area contributed by atoms with Gasteiger partial charge in [0.25, 0.3) is 0 Å². The van der Waals surface area contributed by atoms with E-state index in [0.29, 0.717) is 6.04 Å². The van der Waals surface area contributed by atoms with Crippen molar-refractivity contribution in [3.8, 4) is 0 Å². The summed E-state index contributed by atoms with van der Waals surface area (Å²) in [5, 5.41) is 6.40. The predicted octanol–water partition coefficient (Wildman–Crippen LogP) is 3.01. The molecule has 1 spiro atoms. The Balaban J connectivity index is 1.48. The topological polar surface area (TPSA) is 61.4 Å². The molecule has 3 atom stereocenters. The van der Waals surface area contributed by atoms with E-state index in [4.69, 9.17) is 0 Å². The van der Waals surface area contributed by atoms with Gasteiger partial charge >= 0.3 is 0 Å². The van der Waals surface area contributed by atoms with Crippen LogP contribution in [0.2, 0.25) is 0 Å². The number of benzene rings is 1. The standard InChI is InChI=1S/C22H29N3O2/c1-14-8-10-15(11-9-14)23-20(26)18-13-16-5-4-12-25(16)22(18)17-6-2-3-7-19(17)24-21(22)27/h2-3,6-7,14-16,18H,4-5,8-13H2,1H3,(H,23,26)(H,24,27)/t14?,15?,16-,18-,22+/m1/s1. The molecule has 0 bridgehead atoms. The summed E-state index contributed by atoms with van der Waals surface area (Å²) in [5.74, 6) is 0.529. The summed E-state index contributed by atoms with van der Waals surface area (Å²) < 4.78 is 0. The maximum absolute atomic E-state index is 13.4. The van der Waals surface area contributed by atoms with Crippen molar-refractivity contribution in [1.29, 1.82) is 0 Å². The number of nitrogens with zero attached hydrogens (tertiary/aromatic N) is 1. The van der Waals surface area contributed by atoms with Crippen LogP contribution >= 0.6 is 0 Å². The van der Waals surface area contributed by atoms with Crippen molar-refractivity contribution in [1.82, 2.24) is 10.2 Å². The zero-order chi connectivity index (χ0) is 18.6. The molecule has 27 heavy (non-hydrogen) atoms. The molecule has 1 saturated carbocycles. The molecule has 5 rings (SSSR count). The molecule has 5 nitrogen and oxygen atoms in total. The molecule has 2 saturated heterocycles. The second kappa shape index (κ2) is 6.33. The maximum atomic E-state index is 13.4. The zero-order valence-electron chi connectivity index (χ0n) is 16.0. The Morgan fingerprint density at radius 1 is 1.19 bits per heavy atom. The van der Waals surface area contributed by atoms with Gasteiger partial charge in [0, 0.05) is 23.3 Å². The quantitative estimate of drug-likeness (QED) is 0.845. The van der Waals surface area contributed by atoms with Crippen molar-refractivity contribution >= 4 is 17.5 Å². The lowest BCUT2D eigenvalue weighted by atomic mass is 9.78. The highest BCUT2D eigenvalue weighted by Gasteiger charge is 2.65. The van der Waals surface area contributed by atoms with Crippen LogP contribution in [0.1, 0.15) is 57.4 Å². The molecule has 0 radical (unpaired) electrons. The Bertz CT molecular complexity index is 771. The van der Waals surface area contributed by atoms with Crippen LogP contribution in [0.15, 0.2) is 24.3 Å². The molecule has 144 valence electrons. The van der Waals surface area contributed by atoms with E-state index < -0.39 is 5.54 Å². The number of hydrogen-bond donors (Lipinski definition) is 2. The lowest BCUT2D eigenvalue weighted by molar-refractivity contribution is -0.138. The van der Waals surface area contributed by atoms with Crippen molar-refractivity contribution in [2.24, 2.45) is 11.8 Å². The summed E-state index contributed by atoms with van der Waals surface area (Å²) >= 11 is 0. The summed E-state index contributed by atoms with van der Waals surface area (Å²) in [6, 6.07) is 8.54. The monoisotopic (exact) mass is 367 g/mol. The lowest BCUT2D eigenvalue weighted by Gasteiger charge is -2.37. The van der Waals surface area contributed by atoms with Gasteiger partial charge in [0.1, 0.15) is 5.54 Å². The first-order valence-corrected chi connectivity index (χ1v) is 10.6. The van der Waals surface area contributed by atoms with Crippen molar-refractivity contribution in [2.75, 3.05) is 11.9 Å². The van der Waals surface area contributed by atoms with Crippen molar-refractivity contribution in [3.63, 3.8) is 0 Å². The highest BCUT2D eigenvalue weighted by Crippen LogP contribution is 2.55. The molecule has 2 N–H and O–H groups in total. The Hall–Kier alpha value is -1.88. The first-order chi connectivity index (χ1) is 13.1. The molecular weight excluding hydrogens is 338 g/mol. The van der Waals surface area contributed by atoms with Gasteiger partial charge in [-0.1, -0.05) is 25.1 Å². The first-order valence-electron chi connectivity index (χ1n) is 10.6. The lowest BCUT2D eigenvalue weighted by Crippen LogP contribution is -2.55. The van der Waals surface area contributed by atoms with Gasteiger partial charge in [0.15, 0.2) is 0 Å². The van der Waals surface area contributed by atoms with Crippen LogP contribution in [0, 0.1) is 11.8 Å². The Morgan fingerprint density at radius 2 is 1.96 bits per heavy atom. The molecule has 0 unspecified atom stereocenters. The number of para-hydroxylation sites is 1. The van der Waals surface area contributed by atoms with Crippen LogP contribution in [0.4, 0.5) is 5.69 Å². The summed E-state index contributed by atoms with van der Waals surface area (Å²) in [6.07, 6.45) is 7.46. The van der Waals surface area contributed by atoms with Gasteiger partial charge in [-0.3, -0.25) is 14.5 Å². The maximum Gasteiger partial charge on any atom is 0.250 e. The molecule has 5 heteroatoms. The fourth-order valence-corrected chi connectivity index (χ4v) is 6.09. The Morgan fingerprint density at radius 3 is 2.78 bits per heavy atom. The van der Waals surface area contributed by atoms with Gasteiger partial charge < -0.3 is 10.6 Å². The summed E-state index contributed by atoms with van der Waals surface area (Å²) in [5.41, 5.74) is 1.06. The molecule has 2 amide bonds. The van der Waals surface area contributed by atoms with E-state index in [2.05, 4.69) is 22.5 Å². The third-order valence-electron chi connectivity index (χ3n) is 7.45. The average molecular weight is 367 g/mol. The number of fused-ring (bicyclic) bond motifs is 4. The fraction of sp³-hybridized carbons (Fsp3) is 0.636. The highest BCUT2D eigenvalue weighted by molar-refractivity contribution is 6.09. The van der Waals surface area contributed by atoms with E-state index in [1.165, 1.54) is 12.8 Å². The van der Waals surface area contributed by atoms with Gasteiger partial charge in [0.05, 0.1) is 5.92 Å². The van der Waals surface area contributed by atoms with E-state index in [0.717, 1.165) is 55.8 Å². The molecule has 3 fully saturated rings. The molecule has 1 aromatic rings. The van der Waals surface area contributed by atoms with Crippen LogP contribution < -0.4 is 10.6 Å². The number of hydrogen-bond acceptors (Lipinski definition) is 3. The van der Waals surface area contributed by atoms with Gasteiger partial charge in [-0.2, -0.15) is 0 Å². The highest BCUT2D eigenvalue weighted by atomic mass is 16.2. The number of anilines is 1. The van der Waals surface area contributed by atoms with Crippen LogP contribution in [0.25, 0.3) is 0 Å². The minimum absolute atomic E-state index is 0.00878. The fourth-order valence-electron chi connectivity index (χ4n) is 6.09. The summed E-state index contributed by atoms with van der Waals surface area (Å²) in [4.78, 5) is 29.1. The minimum atomic E-state index is -0.816. The van der Waals surface area contributed by atoms with E-state index in [-0.39, 0.29) is 23.8 Å². The van der Waals surface area contributed by atoms with Crippen LogP contribution in [-0.2, 0) is 15.1 Å². The van der Waals surface area contributed by atoms with Gasteiger partial charge in [-0.15, -0.1) is 0 Å². The molecule has 0 aromatic heterocycles. The third kappa shape index (κ3) is 2.47. The molecule has 1 aromatic carbocycles. The second-order valence-electron chi connectivity index (χ2n) is 9.01. The first kappa shape index (κ1) is 17.2. The second-order valence-corrected chi connectivity index (χ2v) is 9.01. The normalized spacial score (nSPS) is 37.9. The largest absolute Gasteiger partial charge is 0.353 e. The van der Waals surface area contributed by atoms with Gasteiger partial charge in [-0.25, -0.2) is 0 Å². The SMILES string of the molecule is CC1CCC(NC(=O)[C@H]2C[C@H]3CCCN3[C@]23C(=O)Nc2ccccc23)CC1. The Labute approximate surface area is 160 Å². The smallest absolute Gasteiger partial charge is 0.250 e. The minimum Gasteiger partial charge on any atom is -0.353 e. The van der Waals surface area contributed by atoms with Crippen LogP contribution in [0.5, 0.6) is 0 Å². The number of carbonyl (C=O) groups excluding carboxylic acids is 2. The van der Waals surface area contributed by atoms with Crippen molar-refractivity contribution in [2.45, 2.75) is 69.5 Å². The van der Waals surface area contributed by atoms with Gasteiger partial charge in [-0.05, 0) is 63.5 Å². The predicted molar refractivity (Wildman–Crippen MR) is 104 cm³/mol. The van der Waals surface area contributed by atoms with Crippen LogP contribution in [0.3, 0.4) is 0 Å². The van der Waals surface area contributed by atoms with E-state index in [1.54, 1.807) is 0 Å². The van der Waals surface area contributed by atoms with Crippen molar-refractivity contribution in [3.05, 3.63) is 29.8 Å². The van der Waals surface area contributed by atoms with Gasteiger partial charge in [0.2, 0.25) is 11.8 Å². The van der Waals surface area contributed by atoms with Crippen molar-refractivity contribution < 1.29 is 9.59 Å². The molecule has 1 aliphatic carbocycles. The summed E-state index contributed by atoms with van der Waals surface area (Å²) in [7, 11) is 0. The van der Waals surface area contributed by atoms with E-state index in [1.807, 2.05) is 24.3 Å². The molecular formula is C22H29N3O2. The molecule has 4 aliphatic rings. The summed E-state index contributed by atoms with van der Waals surface area (Å²) in [6.45, 7) is 3.19. The zero-order valence-corrected chi connectivity index (χ0v) is 16.0. The van der Waals surface area contributed by atoms with Crippen LogP contribution in [-0.4, -0.2) is 35.3 Å². The third-order valence-corrected chi connectivity index (χ3v) is 7.45. The number of carbonyl (C=O) groups is 2. The average Bonchev–Trinajstić information content (AvgIpc) is 3.32. The van der Waals surface area contributed by atoms with E-state index >= 15 is 0 Å². The number of amides is 2. The van der Waals surface area contributed by atoms with E-state index in [9.17, 15) is 9.59 Å².